The van der Waals surface area contributed by atoms with Crippen LogP contribution in [-0.2, 0) is 6.54 Å². The smallest absolute Gasteiger partial charge is 0.329 e. The fourth-order valence-corrected chi connectivity index (χ4v) is 3.60. The lowest BCUT2D eigenvalue weighted by molar-refractivity contribution is 0.127. The van der Waals surface area contributed by atoms with Crippen LogP contribution in [0.2, 0.25) is 0 Å². The molecular weight excluding hydrogens is 321 g/mol. The highest BCUT2D eigenvalue weighted by Gasteiger charge is 2.29. The number of rotatable bonds is 6. The van der Waals surface area contributed by atoms with Crippen molar-refractivity contribution in [3.05, 3.63) is 58.3 Å². The first kappa shape index (κ1) is 17.6. The third kappa shape index (κ3) is 3.19. The first-order valence-electron chi connectivity index (χ1n) is 8.67. The van der Waals surface area contributed by atoms with Gasteiger partial charge in [-0.1, -0.05) is 18.2 Å². The number of aliphatic hydroxyl groups is 1. The number of benzene rings is 1. The molecule has 1 aliphatic rings. The Balaban J connectivity index is 2.26. The molecule has 0 radical (unpaired) electrons. The lowest BCUT2D eigenvalue weighted by Crippen LogP contribution is -2.39. The van der Waals surface area contributed by atoms with Crippen molar-refractivity contribution in [2.45, 2.75) is 38.5 Å². The minimum absolute atomic E-state index is 0.223. The number of nitrogens with zero attached hydrogens (tertiary/aromatic N) is 2. The van der Waals surface area contributed by atoms with Gasteiger partial charge in [0.1, 0.15) is 5.82 Å². The molecule has 0 saturated carbocycles. The second-order valence-electron chi connectivity index (χ2n) is 6.31. The molecule has 1 aliphatic carbocycles. The highest BCUT2D eigenvalue weighted by Crippen LogP contribution is 2.30. The fraction of sp³-hybridized carbons (Fsp3) is 0.421. The second kappa shape index (κ2) is 7.37. The van der Waals surface area contributed by atoms with Gasteiger partial charge in [0.15, 0.2) is 0 Å². The summed E-state index contributed by atoms with van der Waals surface area (Å²) in [7, 11) is 1.76. The molecule has 0 saturated heterocycles. The molecule has 6 heteroatoms. The number of fused-ring (bicyclic) bond motifs is 1. The Hall–Kier alpha value is -2.18. The first-order chi connectivity index (χ1) is 12.1. The Labute approximate surface area is 146 Å². The number of allylic oxidation sites excluding steroid dienone is 3. The molecule has 0 bridgehead atoms. The predicted octanol–water partition coefficient (Wildman–Crippen LogP) is 2.36. The van der Waals surface area contributed by atoms with Gasteiger partial charge >= 0.3 is 5.69 Å². The van der Waals surface area contributed by atoms with Gasteiger partial charge in [-0.05, 0) is 50.6 Å². The molecular formula is C19H24FN3O2. The molecule has 1 aromatic carbocycles. The van der Waals surface area contributed by atoms with Crippen LogP contribution in [0.5, 0.6) is 0 Å². The Morgan fingerprint density at radius 2 is 2.16 bits per heavy atom. The van der Waals surface area contributed by atoms with E-state index in [1.807, 2.05) is 19.1 Å². The van der Waals surface area contributed by atoms with Crippen LogP contribution < -0.4 is 11.0 Å². The van der Waals surface area contributed by atoms with E-state index >= 15 is 0 Å². The standard InChI is InChI=1S/C19H24FN3O2/c1-3-22-15-10-9-14(20)11-16(15)23(19(22)25)18(17(24)12-21-2)13-7-5-4-6-8-13/h4-5,7,9-11,17-18,21,24H,3,6,8,12H2,1-2H3/t17?,18-/m0/s1. The molecule has 1 unspecified atom stereocenters. The van der Waals surface area contributed by atoms with Gasteiger partial charge in [-0.2, -0.15) is 0 Å². The zero-order valence-corrected chi connectivity index (χ0v) is 14.6. The summed E-state index contributed by atoms with van der Waals surface area (Å²) >= 11 is 0. The van der Waals surface area contributed by atoms with Crippen molar-refractivity contribution in [1.82, 2.24) is 14.5 Å². The van der Waals surface area contributed by atoms with Crippen LogP contribution in [0.1, 0.15) is 25.8 Å². The van der Waals surface area contributed by atoms with E-state index in [9.17, 15) is 14.3 Å². The molecule has 25 heavy (non-hydrogen) atoms. The van der Waals surface area contributed by atoms with Gasteiger partial charge in [-0.3, -0.25) is 9.13 Å². The van der Waals surface area contributed by atoms with Crippen LogP contribution in [-0.4, -0.2) is 33.9 Å². The zero-order valence-electron chi connectivity index (χ0n) is 14.6. The van der Waals surface area contributed by atoms with E-state index in [4.69, 9.17) is 0 Å². The monoisotopic (exact) mass is 345 g/mol. The normalized spacial score (nSPS) is 16.9. The van der Waals surface area contributed by atoms with Crippen molar-refractivity contribution < 1.29 is 9.50 Å². The minimum Gasteiger partial charge on any atom is -0.389 e. The topological polar surface area (TPSA) is 59.2 Å². The average Bonchev–Trinajstić information content (AvgIpc) is 2.88. The Morgan fingerprint density at radius 1 is 1.36 bits per heavy atom. The number of imidazole rings is 1. The molecule has 0 amide bonds. The Kier molecular flexibility index (Phi) is 5.20. The maximum absolute atomic E-state index is 13.9. The maximum Gasteiger partial charge on any atom is 0.329 e. The first-order valence-corrected chi connectivity index (χ1v) is 8.67. The van der Waals surface area contributed by atoms with Crippen molar-refractivity contribution in [2.24, 2.45) is 0 Å². The summed E-state index contributed by atoms with van der Waals surface area (Å²) in [5.74, 6) is -0.395. The SMILES string of the molecule is CCn1c(=O)n([C@@H](C2=CC=CCC2)C(O)CNC)c2cc(F)ccc21. The number of likely N-dealkylation sites (N-methyl/N-ethyl adjacent to an activating group) is 1. The van der Waals surface area contributed by atoms with E-state index in [0.29, 0.717) is 24.1 Å². The van der Waals surface area contributed by atoms with Crippen molar-refractivity contribution in [3.63, 3.8) is 0 Å². The number of aliphatic hydroxyl groups excluding tert-OH is 1. The number of hydrogen-bond acceptors (Lipinski definition) is 3. The van der Waals surface area contributed by atoms with Gasteiger partial charge in [0, 0.05) is 13.1 Å². The van der Waals surface area contributed by atoms with Gasteiger partial charge in [0.25, 0.3) is 0 Å². The number of hydrogen-bond donors (Lipinski definition) is 2. The molecule has 5 nitrogen and oxygen atoms in total. The molecule has 134 valence electrons. The third-order valence-electron chi connectivity index (χ3n) is 4.72. The van der Waals surface area contributed by atoms with Gasteiger partial charge in [0.05, 0.1) is 23.2 Å². The van der Waals surface area contributed by atoms with Gasteiger partial charge in [0.2, 0.25) is 0 Å². The van der Waals surface area contributed by atoms with E-state index in [0.717, 1.165) is 18.4 Å². The number of aromatic nitrogens is 2. The molecule has 2 N–H and O–H groups in total. The van der Waals surface area contributed by atoms with Crippen molar-refractivity contribution >= 4 is 11.0 Å². The summed E-state index contributed by atoms with van der Waals surface area (Å²) in [6.45, 7) is 2.71. The number of nitrogens with one attached hydrogen (secondary N) is 1. The van der Waals surface area contributed by atoms with E-state index < -0.39 is 18.0 Å². The summed E-state index contributed by atoms with van der Waals surface area (Å²) in [4.78, 5) is 13.1. The van der Waals surface area contributed by atoms with E-state index in [1.54, 1.807) is 22.2 Å². The summed E-state index contributed by atoms with van der Waals surface area (Å²) in [5, 5.41) is 13.7. The van der Waals surface area contributed by atoms with E-state index in [1.165, 1.54) is 12.1 Å². The van der Waals surface area contributed by atoms with Crippen LogP contribution in [0.25, 0.3) is 11.0 Å². The van der Waals surface area contributed by atoms with Crippen LogP contribution >= 0.6 is 0 Å². The number of halogens is 1. The van der Waals surface area contributed by atoms with Gasteiger partial charge in [-0.25, -0.2) is 9.18 Å². The summed E-state index contributed by atoms with van der Waals surface area (Å²) in [5.41, 5.74) is 1.95. The van der Waals surface area contributed by atoms with Gasteiger partial charge in [-0.15, -0.1) is 0 Å². The average molecular weight is 345 g/mol. The lowest BCUT2D eigenvalue weighted by Gasteiger charge is -2.28. The summed E-state index contributed by atoms with van der Waals surface area (Å²) < 4.78 is 17.1. The van der Waals surface area contributed by atoms with Crippen LogP contribution in [0.4, 0.5) is 4.39 Å². The fourth-order valence-electron chi connectivity index (χ4n) is 3.60. The number of aryl methyl sites for hydroxylation is 1. The molecule has 2 atom stereocenters. The summed E-state index contributed by atoms with van der Waals surface area (Å²) in [6.07, 6.45) is 6.80. The highest BCUT2D eigenvalue weighted by molar-refractivity contribution is 5.76. The third-order valence-corrected chi connectivity index (χ3v) is 4.72. The molecule has 1 aromatic heterocycles. The quantitative estimate of drug-likeness (QED) is 0.845. The molecule has 0 aliphatic heterocycles. The minimum atomic E-state index is -0.792. The molecule has 1 heterocycles. The summed E-state index contributed by atoms with van der Waals surface area (Å²) in [6, 6.07) is 3.84. The Bertz CT molecular complexity index is 879. The second-order valence-corrected chi connectivity index (χ2v) is 6.31. The zero-order chi connectivity index (χ0) is 18.0. The largest absolute Gasteiger partial charge is 0.389 e. The molecule has 0 spiro atoms. The maximum atomic E-state index is 13.9. The Morgan fingerprint density at radius 3 is 2.80 bits per heavy atom. The van der Waals surface area contributed by atoms with Crippen LogP contribution in [0, 0.1) is 5.82 Å². The van der Waals surface area contributed by atoms with Gasteiger partial charge < -0.3 is 10.4 Å². The highest BCUT2D eigenvalue weighted by atomic mass is 19.1. The molecule has 2 aromatic rings. The van der Waals surface area contributed by atoms with E-state index in [2.05, 4.69) is 11.4 Å². The van der Waals surface area contributed by atoms with Crippen molar-refractivity contribution in [2.75, 3.05) is 13.6 Å². The van der Waals surface area contributed by atoms with Crippen molar-refractivity contribution in [3.8, 4) is 0 Å². The predicted molar refractivity (Wildman–Crippen MR) is 97.3 cm³/mol. The lowest BCUT2D eigenvalue weighted by atomic mass is 9.93. The van der Waals surface area contributed by atoms with Crippen LogP contribution in [0.15, 0.2) is 46.8 Å². The van der Waals surface area contributed by atoms with Crippen molar-refractivity contribution in [1.29, 1.82) is 0 Å². The van der Waals surface area contributed by atoms with E-state index in [-0.39, 0.29) is 5.69 Å². The molecule has 3 rings (SSSR count). The van der Waals surface area contributed by atoms with Crippen LogP contribution in [0.3, 0.4) is 0 Å². The molecule has 0 fully saturated rings.